The number of hydrogen-bond donors (Lipinski definition) is 0. The van der Waals surface area contributed by atoms with Crippen molar-refractivity contribution in [3.63, 3.8) is 0 Å². The summed E-state index contributed by atoms with van der Waals surface area (Å²) in [6.45, 7) is 4.29. The second-order valence-electron chi connectivity index (χ2n) is 8.75. The van der Waals surface area contributed by atoms with Crippen LogP contribution in [0.2, 0.25) is 0 Å². The first-order valence-electron chi connectivity index (χ1n) is 10.9. The maximum atomic E-state index is 13.2. The summed E-state index contributed by atoms with van der Waals surface area (Å²) in [5, 5.41) is 0. The number of amides is 1. The fraction of sp³-hybridized carbons (Fsp3) is 0.458. The molecule has 0 N–H and O–H groups in total. The second-order valence-corrected chi connectivity index (χ2v) is 10.7. The van der Waals surface area contributed by atoms with E-state index in [1.54, 1.807) is 12.1 Å². The van der Waals surface area contributed by atoms with Gasteiger partial charge in [-0.15, -0.1) is 0 Å². The normalized spacial score (nSPS) is 16.2. The highest BCUT2D eigenvalue weighted by Gasteiger charge is 2.35. The van der Waals surface area contributed by atoms with Crippen molar-refractivity contribution >= 4 is 15.9 Å². The van der Waals surface area contributed by atoms with E-state index in [0.29, 0.717) is 18.8 Å². The number of carbonyl (C=O) groups excluding carboxylic acids is 1. The van der Waals surface area contributed by atoms with E-state index < -0.39 is 27.7 Å². The Morgan fingerprint density at radius 2 is 1.64 bits per heavy atom. The van der Waals surface area contributed by atoms with Gasteiger partial charge in [0.25, 0.3) is 0 Å². The first-order chi connectivity index (χ1) is 15.4. The number of benzene rings is 2. The second kappa shape index (κ2) is 9.85. The van der Waals surface area contributed by atoms with E-state index in [0.717, 1.165) is 11.6 Å². The molecule has 1 aliphatic rings. The lowest BCUT2D eigenvalue weighted by Crippen LogP contribution is -2.43. The summed E-state index contributed by atoms with van der Waals surface area (Å²) in [4.78, 5) is 14.4. The van der Waals surface area contributed by atoms with E-state index in [-0.39, 0.29) is 36.0 Å². The lowest BCUT2D eigenvalue weighted by Gasteiger charge is -2.32. The topological polar surface area (TPSA) is 57.7 Å². The highest BCUT2D eigenvalue weighted by Crippen LogP contribution is 2.33. The van der Waals surface area contributed by atoms with Gasteiger partial charge < -0.3 is 4.90 Å². The molecule has 3 rings (SSSR count). The van der Waals surface area contributed by atoms with Gasteiger partial charge in [0.1, 0.15) is 0 Å². The van der Waals surface area contributed by atoms with Crippen molar-refractivity contribution in [1.29, 1.82) is 0 Å². The number of sulfonamides is 1. The Bertz CT molecular complexity index is 1070. The van der Waals surface area contributed by atoms with Crippen LogP contribution in [0.3, 0.4) is 0 Å². The van der Waals surface area contributed by atoms with Crippen LogP contribution in [-0.2, 0) is 27.5 Å². The van der Waals surface area contributed by atoms with Gasteiger partial charge in [0, 0.05) is 32.6 Å². The molecule has 9 heteroatoms. The molecule has 1 heterocycles. The zero-order chi connectivity index (χ0) is 24.4. The summed E-state index contributed by atoms with van der Waals surface area (Å²) < 4.78 is 67.1. The zero-order valence-corrected chi connectivity index (χ0v) is 19.8. The minimum absolute atomic E-state index is 0.0331. The molecular weight excluding hydrogens is 453 g/mol. The Hall–Kier alpha value is -2.39. The average Bonchev–Trinajstić information content (AvgIpc) is 2.78. The van der Waals surface area contributed by atoms with Crippen molar-refractivity contribution in [2.45, 2.75) is 50.2 Å². The Morgan fingerprint density at radius 1 is 1.06 bits per heavy atom. The lowest BCUT2D eigenvalue weighted by atomic mass is 9.96. The third kappa shape index (κ3) is 5.76. The summed E-state index contributed by atoms with van der Waals surface area (Å²) in [6.07, 6.45) is -3.84. The minimum atomic E-state index is -4.49. The number of halogens is 3. The van der Waals surface area contributed by atoms with E-state index in [2.05, 4.69) is 0 Å². The van der Waals surface area contributed by atoms with Gasteiger partial charge in [-0.25, -0.2) is 8.42 Å². The van der Waals surface area contributed by atoms with Gasteiger partial charge in [-0.3, -0.25) is 4.79 Å². The summed E-state index contributed by atoms with van der Waals surface area (Å²) in [6, 6.07) is 12.0. The molecule has 1 saturated heterocycles. The van der Waals surface area contributed by atoms with Crippen LogP contribution < -0.4 is 0 Å². The van der Waals surface area contributed by atoms with E-state index in [1.165, 1.54) is 34.5 Å². The zero-order valence-electron chi connectivity index (χ0n) is 19.0. The Kier molecular flexibility index (Phi) is 7.53. The minimum Gasteiger partial charge on any atom is -0.341 e. The molecule has 1 amide bonds. The smallest absolute Gasteiger partial charge is 0.341 e. The average molecular weight is 483 g/mol. The number of nitrogens with zero attached hydrogens (tertiary/aromatic N) is 2. The Balaban J connectivity index is 1.63. The molecule has 0 bridgehead atoms. The molecule has 1 fully saturated rings. The maximum absolute atomic E-state index is 13.2. The fourth-order valence-electron chi connectivity index (χ4n) is 4.10. The van der Waals surface area contributed by atoms with Crippen LogP contribution >= 0.6 is 0 Å². The first kappa shape index (κ1) is 25.2. The Morgan fingerprint density at radius 3 is 2.18 bits per heavy atom. The molecule has 0 spiro atoms. The van der Waals surface area contributed by atoms with Gasteiger partial charge in [-0.2, -0.15) is 17.5 Å². The van der Waals surface area contributed by atoms with Crippen LogP contribution in [0, 0.1) is 5.92 Å². The van der Waals surface area contributed by atoms with Crippen molar-refractivity contribution < 1.29 is 26.4 Å². The summed E-state index contributed by atoms with van der Waals surface area (Å²) in [7, 11) is -2.18. The van der Waals surface area contributed by atoms with Crippen molar-refractivity contribution in [1.82, 2.24) is 9.21 Å². The molecule has 5 nitrogen and oxygen atoms in total. The molecule has 0 unspecified atom stereocenters. The van der Waals surface area contributed by atoms with Crippen molar-refractivity contribution in [2.75, 3.05) is 20.1 Å². The lowest BCUT2D eigenvalue weighted by molar-refractivity contribution is -0.140. The van der Waals surface area contributed by atoms with Crippen molar-refractivity contribution in [3.05, 3.63) is 65.2 Å². The maximum Gasteiger partial charge on any atom is 0.416 e. The number of carbonyl (C=O) groups is 1. The molecule has 0 saturated carbocycles. The highest BCUT2D eigenvalue weighted by molar-refractivity contribution is 7.89. The molecule has 0 aromatic heterocycles. The van der Waals surface area contributed by atoms with Crippen LogP contribution in [0.25, 0.3) is 0 Å². The quantitative estimate of drug-likeness (QED) is 0.589. The van der Waals surface area contributed by atoms with Gasteiger partial charge in [0.15, 0.2) is 0 Å². The van der Waals surface area contributed by atoms with E-state index >= 15 is 0 Å². The van der Waals surface area contributed by atoms with Crippen LogP contribution in [0.4, 0.5) is 13.2 Å². The van der Waals surface area contributed by atoms with Crippen LogP contribution in [0.15, 0.2) is 53.4 Å². The number of hydrogen-bond acceptors (Lipinski definition) is 3. The summed E-state index contributed by atoms with van der Waals surface area (Å²) in [5.74, 6) is -0.406. The van der Waals surface area contributed by atoms with Crippen LogP contribution in [-0.4, -0.2) is 43.7 Å². The molecule has 33 heavy (non-hydrogen) atoms. The third-order valence-corrected chi connectivity index (χ3v) is 8.01. The molecule has 1 aliphatic heterocycles. The molecule has 2 aromatic carbocycles. The predicted molar refractivity (Wildman–Crippen MR) is 120 cm³/mol. The van der Waals surface area contributed by atoms with Gasteiger partial charge >= 0.3 is 6.18 Å². The number of piperidine rings is 1. The number of alkyl halides is 3. The van der Waals surface area contributed by atoms with Crippen LogP contribution in [0.1, 0.15) is 49.3 Å². The molecular formula is C24H29F3N2O3S. The van der Waals surface area contributed by atoms with E-state index in [1.807, 2.05) is 26.0 Å². The molecule has 180 valence electrons. The Labute approximate surface area is 193 Å². The van der Waals surface area contributed by atoms with Gasteiger partial charge in [0.2, 0.25) is 15.9 Å². The molecule has 0 radical (unpaired) electrons. The summed E-state index contributed by atoms with van der Waals surface area (Å²) in [5.41, 5.74) is 0.327. The van der Waals surface area contributed by atoms with Crippen molar-refractivity contribution in [2.24, 2.45) is 5.92 Å². The molecule has 0 atom stereocenters. The number of rotatable bonds is 6. The largest absolute Gasteiger partial charge is 0.416 e. The van der Waals surface area contributed by atoms with Crippen molar-refractivity contribution in [3.8, 4) is 0 Å². The summed E-state index contributed by atoms with van der Waals surface area (Å²) >= 11 is 0. The van der Waals surface area contributed by atoms with Gasteiger partial charge in [-0.05, 0) is 48.1 Å². The van der Waals surface area contributed by atoms with Gasteiger partial charge in [0.05, 0.1) is 10.5 Å². The highest BCUT2D eigenvalue weighted by atomic mass is 32.2. The molecule has 2 aromatic rings. The van der Waals surface area contributed by atoms with E-state index in [9.17, 15) is 26.4 Å². The third-order valence-electron chi connectivity index (χ3n) is 6.09. The first-order valence-corrected chi connectivity index (χ1v) is 12.4. The monoisotopic (exact) mass is 482 g/mol. The fourth-order valence-corrected chi connectivity index (χ4v) is 5.57. The standard InChI is InChI=1S/C24H29F3N2O3S/c1-17(2)18-8-10-21(11-9-18)33(31,32)29-14-12-19(13-15-29)23(30)28(3)16-20-6-4-5-7-22(20)24(25,26)27/h4-11,17,19H,12-16H2,1-3H3. The van der Waals surface area contributed by atoms with Crippen LogP contribution in [0.5, 0.6) is 0 Å². The molecule has 0 aliphatic carbocycles. The SMILES string of the molecule is CC(C)c1ccc(S(=O)(=O)N2CCC(C(=O)N(C)Cc3ccccc3C(F)(F)F)CC2)cc1. The van der Waals surface area contributed by atoms with Gasteiger partial charge in [-0.1, -0.05) is 44.2 Å². The predicted octanol–water partition coefficient (Wildman–Crippen LogP) is 4.89. The van der Waals surface area contributed by atoms with E-state index in [4.69, 9.17) is 0 Å².